The summed E-state index contributed by atoms with van der Waals surface area (Å²) in [4.78, 5) is 14.0. The number of nitrogens with one attached hydrogen (secondary N) is 1. The summed E-state index contributed by atoms with van der Waals surface area (Å²) in [6, 6.07) is 7.38. The number of anilines is 1. The molecule has 0 aliphatic carbocycles. The van der Waals surface area contributed by atoms with Crippen molar-refractivity contribution in [1.29, 1.82) is 0 Å². The van der Waals surface area contributed by atoms with Crippen LogP contribution < -0.4 is 5.32 Å². The average Bonchev–Trinajstić information content (AvgIpc) is 3.10. The molecule has 1 aliphatic rings. The number of hydrogen-bond acceptors (Lipinski definition) is 2. The number of hydrogen-bond donors (Lipinski definition) is 1. The molecule has 2 aromatic rings. The fourth-order valence-corrected chi connectivity index (χ4v) is 4.32. The Morgan fingerprint density at radius 3 is 2.07 bits per heavy atom. The Hall–Kier alpha value is -1.88. The smallest absolute Gasteiger partial charge is 0.308 e. The van der Waals surface area contributed by atoms with Gasteiger partial charge < -0.3 is 10.2 Å². The lowest BCUT2D eigenvalue weighted by atomic mass is 10.1. The molecule has 0 spiro atoms. The SMILES string of the molecule is O=C(Nc1cc(C(F)(F)F)cc(C(F)(F)F)c1)N1CCSC1c1ccc(Br)cc1. The van der Waals surface area contributed by atoms with Gasteiger partial charge in [-0.2, -0.15) is 26.3 Å². The minimum atomic E-state index is -4.98. The van der Waals surface area contributed by atoms with E-state index in [-0.39, 0.29) is 6.07 Å². The lowest BCUT2D eigenvalue weighted by Crippen LogP contribution is -2.34. The third-order valence-corrected chi connectivity index (χ3v) is 5.94. The van der Waals surface area contributed by atoms with Crippen molar-refractivity contribution in [3.8, 4) is 0 Å². The maximum absolute atomic E-state index is 13.0. The fraction of sp³-hybridized carbons (Fsp3) is 0.278. The average molecular weight is 499 g/mol. The second-order valence-corrected chi connectivity index (χ2v) is 8.30. The molecule has 0 saturated carbocycles. The fourth-order valence-electron chi connectivity index (χ4n) is 2.80. The predicted molar refractivity (Wildman–Crippen MR) is 102 cm³/mol. The molecule has 0 aromatic heterocycles. The zero-order valence-corrected chi connectivity index (χ0v) is 16.8. The van der Waals surface area contributed by atoms with Crippen LogP contribution in [0.3, 0.4) is 0 Å². The van der Waals surface area contributed by atoms with Gasteiger partial charge in [0, 0.05) is 22.5 Å². The van der Waals surface area contributed by atoms with Crippen molar-refractivity contribution in [2.45, 2.75) is 17.7 Å². The molecule has 1 aliphatic heterocycles. The summed E-state index contributed by atoms with van der Waals surface area (Å²) in [5.74, 6) is 0.588. The topological polar surface area (TPSA) is 32.3 Å². The highest BCUT2D eigenvalue weighted by molar-refractivity contribution is 9.10. The van der Waals surface area contributed by atoms with Crippen LogP contribution in [-0.2, 0) is 12.4 Å². The van der Waals surface area contributed by atoms with Gasteiger partial charge in [0.05, 0.1) is 11.1 Å². The summed E-state index contributed by atoms with van der Waals surface area (Å²) < 4.78 is 78.8. The van der Waals surface area contributed by atoms with Crippen LogP contribution in [0.1, 0.15) is 22.1 Å². The Balaban J connectivity index is 1.86. The molecule has 1 atom stereocenters. The molecule has 2 aromatic carbocycles. The predicted octanol–water partition coefficient (Wildman–Crippen LogP) is 6.77. The summed E-state index contributed by atoms with van der Waals surface area (Å²) in [6.07, 6.45) is -9.96. The highest BCUT2D eigenvalue weighted by Gasteiger charge is 2.37. The minimum absolute atomic E-state index is 0.0198. The standard InChI is InChI=1S/C18H13BrF6N2OS/c19-13-3-1-10(2-4-13)15-27(5-6-29-15)16(28)26-14-8-11(17(20,21)22)7-12(9-14)18(23,24)25/h1-4,7-9,15H,5-6H2,(H,26,28). The van der Waals surface area contributed by atoms with Gasteiger partial charge in [-0.05, 0) is 35.9 Å². The van der Waals surface area contributed by atoms with E-state index < -0.39 is 40.6 Å². The Bertz CT molecular complexity index is 868. The summed E-state index contributed by atoms with van der Waals surface area (Å²) >= 11 is 4.76. The number of nitrogens with zero attached hydrogens (tertiary/aromatic N) is 1. The maximum atomic E-state index is 13.0. The molecule has 2 amide bonds. The van der Waals surface area contributed by atoms with E-state index in [1.165, 1.54) is 16.7 Å². The molecule has 1 saturated heterocycles. The van der Waals surface area contributed by atoms with Gasteiger partial charge in [-0.25, -0.2) is 4.79 Å². The molecule has 29 heavy (non-hydrogen) atoms. The van der Waals surface area contributed by atoms with Crippen molar-refractivity contribution >= 4 is 39.4 Å². The first kappa shape index (κ1) is 21.8. The first-order chi connectivity index (χ1) is 13.4. The first-order valence-electron chi connectivity index (χ1n) is 8.19. The van der Waals surface area contributed by atoms with Gasteiger partial charge in [0.2, 0.25) is 0 Å². The molecule has 0 bridgehead atoms. The molecule has 0 radical (unpaired) electrons. The first-order valence-corrected chi connectivity index (χ1v) is 10.0. The van der Waals surface area contributed by atoms with Crippen LogP contribution in [0.15, 0.2) is 46.9 Å². The van der Waals surface area contributed by atoms with Crippen molar-refractivity contribution in [2.75, 3.05) is 17.6 Å². The van der Waals surface area contributed by atoms with Gasteiger partial charge >= 0.3 is 18.4 Å². The van der Waals surface area contributed by atoms with Gasteiger partial charge in [0.15, 0.2) is 0 Å². The number of amides is 2. The molecular weight excluding hydrogens is 486 g/mol. The Labute approximate surface area is 174 Å². The molecule has 1 fully saturated rings. The molecule has 11 heteroatoms. The third-order valence-electron chi connectivity index (χ3n) is 4.15. The van der Waals surface area contributed by atoms with Gasteiger partial charge in [-0.15, -0.1) is 11.8 Å². The zero-order valence-electron chi connectivity index (χ0n) is 14.4. The summed E-state index contributed by atoms with van der Waals surface area (Å²) in [5.41, 5.74) is -2.74. The van der Waals surface area contributed by atoms with E-state index in [1.807, 2.05) is 0 Å². The van der Waals surface area contributed by atoms with Crippen LogP contribution in [0.25, 0.3) is 0 Å². The van der Waals surface area contributed by atoms with Crippen molar-refractivity contribution in [2.24, 2.45) is 0 Å². The van der Waals surface area contributed by atoms with Crippen molar-refractivity contribution in [3.63, 3.8) is 0 Å². The second kappa shape index (κ2) is 8.10. The largest absolute Gasteiger partial charge is 0.416 e. The zero-order chi connectivity index (χ0) is 21.4. The molecule has 1 heterocycles. The quantitative estimate of drug-likeness (QED) is 0.463. The van der Waals surface area contributed by atoms with E-state index in [0.717, 1.165) is 10.0 Å². The Kier molecular flexibility index (Phi) is 6.09. The lowest BCUT2D eigenvalue weighted by Gasteiger charge is -2.25. The van der Waals surface area contributed by atoms with E-state index in [2.05, 4.69) is 21.2 Å². The number of alkyl halides is 6. The number of thioether (sulfide) groups is 1. The van der Waals surface area contributed by atoms with Gasteiger partial charge in [0.25, 0.3) is 0 Å². The lowest BCUT2D eigenvalue weighted by molar-refractivity contribution is -0.143. The number of carbonyl (C=O) groups is 1. The molecule has 156 valence electrons. The maximum Gasteiger partial charge on any atom is 0.416 e. The number of carbonyl (C=O) groups excluding carboxylic acids is 1. The minimum Gasteiger partial charge on any atom is -0.308 e. The number of urea groups is 1. The van der Waals surface area contributed by atoms with Crippen LogP contribution in [0.2, 0.25) is 0 Å². The van der Waals surface area contributed by atoms with E-state index in [9.17, 15) is 31.1 Å². The van der Waals surface area contributed by atoms with Crippen molar-refractivity contribution < 1.29 is 31.1 Å². The van der Waals surface area contributed by atoms with Gasteiger partial charge in [-0.3, -0.25) is 0 Å². The van der Waals surface area contributed by atoms with E-state index >= 15 is 0 Å². The summed E-state index contributed by atoms with van der Waals surface area (Å²) in [5, 5.41) is 1.79. The van der Waals surface area contributed by atoms with E-state index in [1.54, 1.807) is 24.3 Å². The molecular formula is C18H13BrF6N2OS. The molecule has 3 nitrogen and oxygen atoms in total. The van der Waals surface area contributed by atoms with E-state index in [0.29, 0.717) is 24.4 Å². The van der Waals surface area contributed by atoms with Gasteiger partial charge in [-0.1, -0.05) is 28.1 Å². The number of halogens is 7. The molecule has 1 N–H and O–H groups in total. The highest BCUT2D eigenvalue weighted by atomic mass is 79.9. The Morgan fingerprint density at radius 1 is 1.00 bits per heavy atom. The molecule has 1 unspecified atom stereocenters. The van der Waals surface area contributed by atoms with Crippen LogP contribution in [0.5, 0.6) is 0 Å². The number of benzene rings is 2. The third kappa shape index (κ3) is 5.19. The van der Waals surface area contributed by atoms with E-state index in [4.69, 9.17) is 0 Å². The van der Waals surface area contributed by atoms with Gasteiger partial charge in [0.1, 0.15) is 5.37 Å². The number of rotatable bonds is 2. The van der Waals surface area contributed by atoms with Crippen LogP contribution in [-0.4, -0.2) is 23.2 Å². The van der Waals surface area contributed by atoms with Crippen molar-refractivity contribution in [3.05, 3.63) is 63.6 Å². The summed E-state index contributed by atoms with van der Waals surface area (Å²) in [6.45, 7) is 0.308. The summed E-state index contributed by atoms with van der Waals surface area (Å²) in [7, 11) is 0. The van der Waals surface area contributed by atoms with Crippen LogP contribution in [0.4, 0.5) is 36.8 Å². The monoisotopic (exact) mass is 498 g/mol. The highest BCUT2D eigenvalue weighted by Crippen LogP contribution is 2.40. The normalized spacial score (nSPS) is 17.5. The Morgan fingerprint density at radius 2 is 1.55 bits per heavy atom. The van der Waals surface area contributed by atoms with Crippen LogP contribution >= 0.6 is 27.7 Å². The molecule has 3 rings (SSSR count). The second-order valence-electron chi connectivity index (χ2n) is 6.19. The van der Waals surface area contributed by atoms with Crippen LogP contribution in [0, 0.1) is 0 Å². The van der Waals surface area contributed by atoms with Crippen molar-refractivity contribution in [1.82, 2.24) is 4.90 Å².